The van der Waals surface area contributed by atoms with Crippen LogP contribution in [0.15, 0.2) is 23.2 Å². The Hall–Kier alpha value is -4.11. The van der Waals surface area contributed by atoms with Gasteiger partial charge in [-0.05, 0) is 11.5 Å². The third-order valence-corrected chi connectivity index (χ3v) is 8.06. The van der Waals surface area contributed by atoms with E-state index >= 15 is 0 Å². The maximum absolute atomic E-state index is 13.5. The Labute approximate surface area is 230 Å². The summed E-state index contributed by atoms with van der Waals surface area (Å²) in [4.78, 5) is 49.7. The molecule has 1 aromatic carbocycles. The molecule has 1 aromatic rings. The normalized spacial score (nSPS) is 29.1. The number of para-hydroxylation sites is 1. The highest BCUT2D eigenvalue weighted by Crippen LogP contribution is 2.42. The van der Waals surface area contributed by atoms with Crippen LogP contribution in [0.2, 0.25) is 0 Å². The molecule has 0 aromatic heterocycles. The molecule has 4 atom stereocenters. The van der Waals surface area contributed by atoms with Crippen LogP contribution >= 0.6 is 0 Å². The van der Waals surface area contributed by atoms with Gasteiger partial charge < -0.3 is 30.9 Å². The van der Waals surface area contributed by atoms with Crippen LogP contribution in [0.4, 0.5) is 4.79 Å². The van der Waals surface area contributed by atoms with E-state index in [2.05, 4.69) is 20.6 Å². The number of carbonyl (C=O) groups excluding carboxylic acids is 3. The number of carbonyl (C=O) groups is 3. The number of nitrogens with zero attached hydrogens (tertiary/aromatic N) is 4. The maximum atomic E-state index is 13.5. The molecule has 15 heteroatoms. The SMILES string of the molecule is COc1c(C(=O)NC2CN3C(N)=N[C@@H](CN4C(=O)CN(C)C4=O)[C@@H]4[NH+]=C(N)N[C@@]43C2(O)O)cccc1C(C)(C)C. The number of nitrogens with one attached hydrogen (secondary N) is 3. The minimum atomic E-state index is -2.65. The molecule has 0 bridgehead atoms. The highest BCUT2D eigenvalue weighted by atomic mass is 16.5. The lowest BCUT2D eigenvalue weighted by atomic mass is 9.84. The molecule has 4 heterocycles. The zero-order valence-corrected chi connectivity index (χ0v) is 23.1. The first-order valence-corrected chi connectivity index (χ1v) is 12.9. The number of hydrogen-bond acceptors (Lipinski definition) is 11. The number of guanidine groups is 2. The Bertz CT molecular complexity index is 1340. The molecule has 9 N–H and O–H groups in total. The standard InChI is InChI=1S/C25H35N9O6/c1-23(2,3)13-8-6-7-12(17(13)40-5)19(36)29-15-10-34-21(27)28-14(9-33-16(35)11-32(4)22(33)37)18-24(34,25(15,38)39)31-20(26)30-18/h6-8,14-15,18,38-39H,9-11H2,1-5H3,(H2,27,28)(H,29,36)(H3,26,30,31)/p+1/t14-,15?,18-,24-/m0/s1. The van der Waals surface area contributed by atoms with E-state index in [1.165, 1.54) is 24.0 Å². The van der Waals surface area contributed by atoms with E-state index in [-0.39, 0.29) is 42.5 Å². The Kier molecular flexibility index (Phi) is 6.15. The number of ether oxygens (including phenoxy) is 1. The predicted molar refractivity (Wildman–Crippen MR) is 142 cm³/mol. The van der Waals surface area contributed by atoms with Crippen molar-refractivity contribution in [3.05, 3.63) is 29.3 Å². The van der Waals surface area contributed by atoms with Crippen LogP contribution in [-0.2, 0) is 10.2 Å². The first-order chi connectivity index (χ1) is 18.6. The van der Waals surface area contributed by atoms with Crippen molar-refractivity contribution in [2.75, 3.05) is 33.8 Å². The molecular weight excluding hydrogens is 522 g/mol. The van der Waals surface area contributed by atoms with E-state index in [1.54, 1.807) is 12.1 Å². The number of likely N-dealkylation sites (N-methyl/N-ethyl adjacent to an activating group) is 1. The highest BCUT2D eigenvalue weighted by molar-refractivity contribution is 6.02. The molecule has 4 amide bonds. The van der Waals surface area contributed by atoms with E-state index < -0.39 is 47.4 Å². The van der Waals surface area contributed by atoms with E-state index in [0.29, 0.717) is 5.75 Å². The number of imide groups is 1. The smallest absolute Gasteiger partial charge is 0.343 e. The van der Waals surface area contributed by atoms with Crippen molar-refractivity contribution in [1.82, 2.24) is 25.3 Å². The Morgan fingerprint density at radius 2 is 2.00 bits per heavy atom. The van der Waals surface area contributed by atoms with Gasteiger partial charge in [-0.2, -0.15) is 0 Å². The van der Waals surface area contributed by atoms with Gasteiger partial charge in [0, 0.05) is 12.6 Å². The number of aliphatic imine (C=N–C) groups is 1. The van der Waals surface area contributed by atoms with Gasteiger partial charge >= 0.3 is 12.0 Å². The number of aliphatic hydroxyl groups is 2. The van der Waals surface area contributed by atoms with Crippen molar-refractivity contribution >= 4 is 29.8 Å². The minimum absolute atomic E-state index is 0.0140. The van der Waals surface area contributed by atoms with E-state index in [1.807, 2.05) is 26.8 Å². The summed E-state index contributed by atoms with van der Waals surface area (Å²) in [6.07, 6.45) is 0. The van der Waals surface area contributed by atoms with Crippen LogP contribution in [0.5, 0.6) is 5.75 Å². The summed E-state index contributed by atoms with van der Waals surface area (Å²) < 4.78 is 5.60. The average Bonchev–Trinajstić information content (AvgIpc) is 3.43. The third kappa shape index (κ3) is 3.83. The second-order valence-corrected chi connectivity index (χ2v) is 11.6. The second kappa shape index (κ2) is 8.96. The minimum Gasteiger partial charge on any atom is -0.496 e. The summed E-state index contributed by atoms with van der Waals surface area (Å²) in [5.41, 5.74) is 11.3. The molecule has 4 aliphatic rings. The van der Waals surface area contributed by atoms with Gasteiger partial charge in [-0.15, -0.1) is 0 Å². The fourth-order valence-electron chi connectivity index (χ4n) is 6.12. The van der Waals surface area contributed by atoms with Crippen LogP contribution in [-0.4, -0.2) is 118 Å². The molecule has 40 heavy (non-hydrogen) atoms. The van der Waals surface area contributed by atoms with Gasteiger partial charge in [0.05, 0.1) is 25.8 Å². The highest BCUT2D eigenvalue weighted by Gasteiger charge is 2.76. The zero-order chi connectivity index (χ0) is 29.4. The van der Waals surface area contributed by atoms with Gasteiger partial charge in [-0.1, -0.05) is 32.9 Å². The van der Waals surface area contributed by atoms with Crippen LogP contribution in [0.1, 0.15) is 36.7 Å². The fraction of sp³-hybridized carbons (Fsp3) is 0.560. The number of nitrogens with two attached hydrogens (primary N) is 2. The predicted octanol–water partition coefficient (Wildman–Crippen LogP) is -4.26. The molecule has 4 aliphatic heterocycles. The average molecular weight is 559 g/mol. The van der Waals surface area contributed by atoms with Gasteiger partial charge in [0.2, 0.25) is 11.7 Å². The van der Waals surface area contributed by atoms with Crippen LogP contribution in [0.25, 0.3) is 0 Å². The summed E-state index contributed by atoms with van der Waals surface area (Å²) in [6, 6.07) is 1.61. The van der Waals surface area contributed by atoms with Crippen molar-refractivity contribution in [3.8, 4) is 5.75 Å². The molecule has 5 rings (SSSR count). The van der Waals surface area contributed by atoms with Gasteiger partial charge in [0.15, 0.2) is 12.0 Å². The molecule has 2 saturated heterocycles. The Morgan fingerprint density at radius 3 is 2.60 bits per heavy atom. The van der Waals surface area contributed by atoms with Crippen molar-refractivity contribution in [1.29, 1.82) is 0 Å². The zero-order valence-electron chi connectivity index (χ0n) is 23.1. The maximum Gasteiger partial charge on any atom is 0.343 e. The van der Waals surface area contributed by atoms with Crippen molar-refractivity contribution < 1.29 is 34.3 Å². The van der Waals surface area contributed by atoms with Crippen molar-refractivity contribution in [2.45, 2.75) is 55.8 Å². The largest absolute Gasteiger partial charge is 0.496 e. The summed E-state index contributed by atoms with van der Waals surface area (Å²) in [5.74, 6) is -3.33. The number of rotatable bonds is 5. The van der Waals surface area contributed by atoms with Gasteiger partial charge in [0.1, 0.15) is 24.4 Å². The monoisotopic (exact) mass is 558 g/mol. The molecular formula is C25H36N9O6+. The molecule has 1 unspecified atom stereocenters. The number of methoxy groups -OCH3 is 1. The molecule has 0 saturated carbocycles. The van der Waals surface area contributed by atoms with E-state index in [9.17, 15) is 24.6 Å². The van der Waals surface area contributed by atoms with Gasteiger partial charge in [-0.3, -0.25) is 30.1 Å². The van der Waals surface area contributed by atoms with Crippen LogP contribution in [0.3, 0.4) is 0 Å². The second-order valence-electron chi connectivity index (χ2n) is 11.6. The van der Waals surface area contributed by atoms with E-state index in [4.69, 9.17) is 16.2 Å². The molecule has 2 fully saturated rings. The summed E-state index contributed by atoms with van der Waals surface area (Å²) in [7, 11) is 2.98. The molecule has 0 radical (unpaired) electrons. The lowest BCUT2D eigenvalue weighted by Gasteiger charge is -2.46. The quantitative estimate of drug-likeness (QED) is 0.137. The van der Waals surface area contributed by atoms with Crippen molar-refractivity contribution in [2.24, 2.45) is 16.5 Å². The van der Waals surface area contributed by atoms with Crippen LogP contribution < -0.4 is 31.8 Å². The summed E-state index contributed by atoms with van der Waals surface area (Å²) in [5, 5.41) is 29.1. The lowest BCUT2D eigenvalue weighted by molar-refractivity contribution is -0.521. The number of amides is 4. The number of urea groups is 1. The molecule has 0 aliphatic carbocycles. The first kappa shape index (κ1) is 27.5. The molecule has 1 spiro atoms. The van der Waals surface area contributed by atoms with E-state index in [0.717, 1.165) is 10.5 Å². The summed E-state index contributed by atoms with van der Waals surface area (Å²) >= 11 is 0. The lowest BCUT2D eigenvalue weighted by Crippen LogP contribution is -2.90. The topological polar surface area (TPSA) is 213 Å². The molecule has 15 nitrogen and oxygen atoms in total. The Balaban J connectivity index is 1.47. The van der Waals surface area contributed by atoms with Crippen molar-refractivity contribution in [3.63, 3.8) is 0 Å². The fourth-order valence-corrected chi connectivity index (χ4v) is 6.12. The van der Waals surface area contributed by atoms with Crippen LogP contribution in [0, 0.1) is 0 Å². The van der Waals surface area contributed by atoms with Gasteiger partial charge in [-0.25, -0.2) is 15.1 Å². The summed E-state index contributed by atoms with van der Waals surface area (Å²) in [6.45, 7) is 5.59. The molecule has 216 valence electrons. The number of benzene rings is 1. The van der Waals surface area contributed by atoms with Gasteiger partial charge in [0.25, 0.3) is 11.6 Å². The Morgan fingerprint density at radius 1 is 1.30 bits per heavy atom. The first-order valence-electron chi connectivity index (χ1n) is 12.9. The number of hydrogen-bond donors (Lipinski definition) is 7. The third-order valence-electron chi connectivity index (χ3n) is 8.06.